The van der Waals surface area contributed by atoms with Crippen LogP contribution in [0.15, 0.2) is 60.7 Å². The lowest BCUT2D eigenvalue weighted by molar-refractivity contribution is 0.0990. The van der Waals surface area contributed by atoms with Crippen molar-refractivity contribution in [2.75, 3.05) is 11.9 Å². The maximum atomic E-state index is 13.7. The summed E-state index contributed by atoms with van der Waals surface area (Å²) in [6.45, 7) is 1.84. The van der Waals surface area contributed by atoms with E-state index in [2.05, 4.69) is 10.2 Å². The Bertz CT molecular complexity index is 1180. The molecule has 3 aromatic carbocycles. The number of benzene rings is 3. The third kappa shape index (κ3) is 3.69. The first-order valence-corrected chi connectivity index (χ1v) is 9.21. The van der Waals surface area contributed by atoms with Gasteiger partial charge in [-0.05, 0) is 48.4 Å². The highest BCUT2D eigenvalue weighted by molar-refractivity contribution is 6.09. The smallest absolute Gasteiger partial charge is 0.261 e. The van der Waals surface area contributed by atoms with E-state index in [4.69, 9.17) is 0 Å². The number of rotatable bonds is 4. The van der Waals surface area contributed by atoms with E-state index in [0.29, 0.717) is 17.6 Å². The van der Waals surface area contributed by atoms with Crippen molar-refractivity contribution < 1.29 is 14.3 Å². The van der Waals surface area contributed by atoms with Gasteiger partial charge in [-0.1, -0.05) is 24.3 Å². The van der Waals surface area contributed by atoms with Gasteiger partial charge in [0.1, 0.15) is 11.6 Å². The fourth-order valence-electron chi connectivity index (χ4n) is 3.47. The molecule has 0 aliphatic carbocycles. The third-order valence-corrected chi connectivity index (χ3v) is 4.91. The Morgan fingerprint density at radius 3 is 2.62 bits per heavy atom. The van der Waals surface area contributed by atoms with Crippen molar-refractivity contribution >= 4 is 22.5 Å². The van der Waals surface area contributed by atoms with Crippen molar-refractivity contribution in [2.24, 2.45) is 0 Å². The lowest BCUT2D eigenvalue weighted by atomic mass is 10.0. The Morgan fingerprint density at radius 2 is 1.90 bits per heavy atom. The summed E-state index contributed by atoms with van der Waals surface area (Å²) in [6, 6.07) is 17.2. The minimum Gasteiger partial charge on any atom is -0.507 e. The highest BCUT2D eigenvalue weighted by atomic mass is 19.1. The third-order valence-electron chi connectivity index (χ3n) is 4.91. The van der Waals surface area contributed by atoms with Crippen LogP contribution in [-0.2, 0) is 6.42 Å². The van der Waals surface area contributed by atoms with Gasteiger partial charge in [-0.15, -0.1) is 0 Å². The number of hydrogen-bond acceptors (Lipinski definition) is 3. The number of fused-ring (bicyclic) bond motifs is 1. The summed E-state index contributed by atoms with van der Waals surface area (Å²) in [5, 5.41) is 18.3. The molecule has 1 heterocycles. The number of anilines is 1. The minimum atomic E-state index is -0.329. The molecule has 0 bridgehead atoms. The van der Waals surface area contributed by atoms with Crippen LogP contribution in [0.4, 0.5) is 10.1 Å². The fourth-order valence-corrected chi connectivity index (χ4v) is 3.47. The van der Waals surface area contributed by atoms with Crippen LogP contribution in [0.3, 0.4) is 0 Å². The number of carbonyl (C=O) groups is 1. The quantitative estimate of drug-likeness (QED) is 0.537. The Labute approximate surface area is 167 Å². The van der Waals surface area contributed by atoms with Crippen LogP contribution in [0.1, 0.15) is 27.2 Å². The first kappa shape index (κ1) is 18.7. The first-order valence-electron chi connectivity index (χ1n) is 9.21. The summed E-state index contributed by atoms with van der Waals surface area (Å²) in [5.41, 5.74) is 3.82. The number of aryl methyl sites for hydroxylation is 1. The monoisotopic (exact) mass is 389 g/mol. The van der Waals surface area contributed by atoms with Crippen molar-refractivity contribution in [2.45, 2.75) is 13.3 Å². The zero-order valence-corrected chi connectivity index (χ0v) is 16.1. The van der Waals surface area contributed by atoms with Gasteiger partial charge in [0.15, 0.2) is 0 Å². The van der Waals surface area contributed by atoms with Crippen LogP contribution in [0.25, 0.3) is 10.9 Å². The molecule has 1 amide bonds. The normalized spacial score (nSPS) is 11.0. The fraction of sp³-hybridized carbons (Fsp3) is 0.130. The number of phenolic OH excluding ortho intramolecular Hbond substituents is 1. The maximum Gasteiger partial charge on any atom is 0.261 e. The van der Waals surface area contributed by atoms with Crippen molar-refractivity contribution in [3.63, 3.8) is 0 Å². The van der Waals surface area contributed by atoms with E-state index in [0.717, 1.165) is 22.2 Å². The van der Waals surface area contributed by atoms with Crippen molar-refractivity contribution in [1.29, 1.82) is 0 Å². The van der Waals surface area contributed by atoms with Gasteiger partial charge in [0, 0.05) is 30.6 Å². The van der Waals surface area contributed by atoms with Crippen LogP contribution in [0.2, 0.25) is 0 Å². The van der Waals surface area contributed by atoms with Gasteiger partial charge in [-0.2, -0.15) is 5.10 Å². The second kappa shape index (κ2) is 7.39. The van der Waals surface area contributed by atoms with Crippen LogP contribution >= 0.6 is 0 Å². The Hall–Kier alpha value is -3.67. The predicted molar refractivity (Wildman–Crippen MR) is 111 cm³/mol. The Kier molecular flexibility index (Phi) is 4.76. The number of halogens is 1. The summed E-state index contributed by atoms with van der Waals surface area (Å²) in [7, 11) is 1.66. The van der Waals surface area contributed by atoms with E-state index in [9.17, 15) is 14.3 Å². The largest absolute Gasteiger partial charge is 0.507 e. The maximum absolute atomic E-state index is 13.7. The molecular formula is C23H20FN3O2. The van der Waals surface area contributed by atoms with E-state index in [1.165, 1.54) is 23.1 Å². The molecule has 29 heavy (non-hydrogen) atoms. The molecule has 0 radical (unpaired) electrons. The minimum absolute atomic E-state index is 0.123. The number of phenols is 1. The number of amides is 1. The van der Waals surface area contributed by atoms with Crippen LogP contribution < -0.4 is 4.90 Å². The lowest BCUT2D eigenvalue weighted by Crippen LogP contribution is -2.26. The Morgan fingerprint density at radius 1 is 1.14 bits per heavy atom. The van der Waals surface area contributed by atoms with E-state index < -0.39 is 0 Å². The van der Waals surface area contributed by atoms with Gasteiger partial charge in [0.05, 0.1) is 16.8 Å². The number of aromatic amines is 1. The molecule has 6 heteroatoms. The molecule has 146 valence electrons. The van der Waals surface area contributed by atoms with Crippen molar-refractivity contribution in [3.8, 4) is 5.75 Å². The lowest BCUT2D eigenvalue weighted by Gasteiger charge is -2.18. The first-order chi connectivity index (χ1) is 13.9. The van der Waals surface area contributed by atoms with Crippen LogP contribution in [0.5, 0.6) is 5.75 Å². The molecule has 1 aromatic heterocycles. The van der Waals surface area contributed by atoms with E-state index in [1.54, 1.807) is 13.1 Å². The molecule has 0 fully saturated rings. The average molecular weight is 389 g/mol. The molecule has 0 unspecified atom stereocenters. The molecular weight excluding hydrogens is 369 g/mol. The SMILES string of the molecule is Cc1cc(F)cc(Cc2n[nH]c3cc(O)c(C(=O)N(C)c4ccccc4)cc23)c1. The molecule has 4 aromatic rings. The van der Waals surface area contributed by atoms with Gasteiger partial charge in [0.25, 0.3) is 5.91 Å². The van der Waals surface area contributed by atoms with Gasteiger partial charge in [-0.3, -0.25) is 9.89 Å². The van der Waals surface area contributed by atoms with Gasteiger partial charge >= 0.3 is 0 Å². The summed E-state index contributed by atoms with van der Waals surface area (Å²) < 4.78 is 13.7. The number of H-pyrrole nitrogens is 1. The summed E-state index contributed by atoms with van der Waals surface area (Å²) in [6.07, 6.45) is 0.408. The van der Waals surface area contributed by atoms with Crippen LogP contribution in [-0.4, -0.2) is 28.3 Å². The zero-order chi connectivity index (χ0) is 20.5. The number of aromatic nitrogens is 2. The molecule has 0 aliphatic heterocycles. The number of para-hydroxylation sites is 1. The summed E-state index contributed by atoms with van der Waals surface area (Å²) in [5.74, 6) is -0.746. The van der Waals surface area contributed by atoms with Gasteiger partial charge in [-0.25, -0.2) is 4.39 Å². The second-order valence-corrected chi connectivity index (χ2v) is 7.10. The predicted octanol–water partition coefficient (Wildman–Crippen LogP) is 4.58. The highest BCUT2D eigenvalue weighted by Crippen LogP contribution is 2.29. The van der Waals surface area contributed by atoms with E-state index >= 15 is 0 Å². The van der Waals surface area contributed by atoms with E-state index in [1.807, 2.05) is 43.3 Å². The second-order valence-electron chi connectivity index (χ2n) is 7.10. The summed E-state index contributed by atoms with van der Waals surface area (Å²) in [4.78, 5) is 14.5. The zero-order valence-electron chi connectivity index (χ0n) is 16.1. The number of nitrogens with one attached hydrogen (secondary N) is 1. The Balaban J connectivity index is 1.72. The number of carbonyl (C=O) groups excluding carboxylic acids is 1. The topological polar surface area (TPSA) is 69.2 Å². The van der Waals surface area contributed by atoms with E-state index in [-0.39, 0.29) is 23.0 Å². The van der Waals surface area contributed by atoms with Gasteiger partial charge < -0.3 is 10.0 Å². The number of aromatic hydroxyl groups is 1. The van der Waals surface area contributed by atoms with Crippen molar-refractivity contribution in [3.05, 3.63) is 88.9 Å². The molecule has 4 rings (SSSR count). The molecule has 5 nitrogen and oxygen atoms in total. The number of hydrogen-bond donors (Lipinski definition) is 2. The van der Waals surface area contributed by atoms with Crippen LogP contribution in [0, 0.1) is 12.7 Å². The molecule has 0 saturated heterocycles. The average Bonchev–Trinajstić information content (AvgIpc) is 3.07. The molecule has 0 aliphatic rings. The standard InChI is InChI=1S/C23H20FN3O2/c1-14-8-15(10-16(24)9-14)11-20-18-12-19(22(28)13-21(18)26-25-20)23(29)27(2)17-6-4-3-5-7-17/h3-10,12-13,28H,11H2,1-2H3,(H,25,26). The molecule has 0 atom stereocenters. The molecule has 0 saturated carbocycles. The van der Waals surface area contributed by atoms with Crippen molar-refractivity contribution in [1.82, 2.24) is 10.2 Å². The number of nitrogens with zero attached hydrogens (tertiary/aromatic N) is 2. The highest BCUT2D eigenvalue weighted by Gasteiger charge is 2.20. The molecule has 2 N–H and O–H groups in total. The van der Waals surface area contributed by atoms with Gasteiger partial charge in [0.2, 0.25) is 0 Å². The summed E-state index contributed by atoms with van der Waals surface area (Å²) >= 11 is 0. The molecule has 0 spiro atoms.